The molecule has 0 bridgehead atoms. The van der Waals surface area contributed by atoms with Gasteiger partial charge in [0.2, 0.25) is 11.8 Å². The van der Waals surface area contributed by atoms with Crippen molar-refractivity contribution in [1.29, 1.82) is 0 Å². The molecule has 32 heavy (non-hydrogen) atoms. The van der Waals surface area contributed by atoms with E-state index in [4.69, 9.17) is 9.47 Å². The maximum Gasteiger partial charge on any atom is 0.245 e. The zero-order valence-corrected chi connectivity index (χ0v) is 18.5. The summed E-state index contributed by atoms with van der Waals surface area (Å²) in [5, 5.41) is 2.90. The summed E-state index contributed by atoms with van der Waals surface area (Å²) in [5.74, 6) is 0.830. The number of hydrogen-bond donors (Lipinski definition) is 1. The summed E-state index contributed by atoms with van der Waals surface area (Å²) in [6, 6.07) is 14.5. The molecular weight excluding hydrogens is 404 g/mol. The maximum absolute atomic E-state index is 13.0. The number of likely N-dealkylation sites (tertiary alicyclic amines) is 1. The average Bonchev–Trinajstić information content (AvgIpc) is 3.36. The van der Waals surface area contributed by atoms with Gasteiger partial charge < -0.3 is 19.7 Å². The Balaban J connectivity index is 1.69. The van der Waals surface area contributed by atoms with Crippen LogP contribution in [0.15, 0.2) is 67.3 Å². The molecule has 2 aromatic carbocycles. The van der Waals surface area contributed by atoms with Gasteiger partial charge >= 0.3 is 0 Å². The standard InChI is InChI=1S/C26H30N2O4/c1-3-17-32-23-13-11-21(19-24(23)31-2)12-14-25(29)27-22(18-20-9-5-4-6-10-20)26(30)28-15-7-8-16-28/h3-6,9-14,19,22H,1,7-8,15-18H2,2H3,(H,27,29). The summed E-state index contributed by atoms with van der Waals surface area (Å²) in [5.41, 5.74) is 1.79. The van der Waals surface area contributed by atoms with Crippen molar-refractivity contribution in [2.45, 2.75) is 25.3 Å². The lowest BCUT2D eigenvalue weighted by Crippen LogP contribution is -2.48. The third-order valence-electron chi connectivity index (χ3n) is 5.29. The second-order valence-electron chi connectivity index (χ2n) is 7.63. The molecular formula is C26H30N2O4. The van der Waals surface area contributed by atoms with E-state index in [1.165, 1.54) is 6.08 Å². The lowest BCUT2D eigenvalue weighted by atomic mass is 10.0. The van der Waals surface area contributed by atoms with Gasteiger partial charge in [-0.25, -0.2) is 0 Å². The first-order valence-electron chi connectivity index (χ1n) is 10.8. The molecule has 1 atom stereocenters. The molecule has 2 amide bonds. The maximum atomic E-state index is 13.0. The van der Waals surface area contributed by atoms with E-state index in [9.17, 15) is 9.59 Å². The van der Waals surface area contributed by atoms with Gasteiger partial charge in [0.25, 0.3) is 0 Å². The van der Waals surface area contributed by atoms with Crippen LogP contribution < -0.4 is 14.8 Å². The summed E-state index contributed by atoms with van der Waals surface area (Å²) >= 11 is 0. The number of nitrogens with one attached hydrogen (secondary N) is 1. The van der Waals surface area contributed by atoms with E-state index in [1.807, 2.05) is 41.3 Å². The minimum atomic E-state index is -0.600. The van der Waals surface area contributed by atoms with Crippen LogP contribution in [-0.2, 0) is 16.0 Å². The molecule has 168 valence electrons. The van der Waals surface area contributed by atoms with E-state index < -0.39 is 6.04 Å². The van der Waals surface area contributed by atoms with E-state index in [1.54, 1.807) is 31.4 Å². The zero-order chi connectivity index (χ0) is 22.8. The van der Waals surface area contributed by atoms with Crippen molar-refractivity contribution in [3.05, 3.63) is 78.4 Å². The molecule has 3 rings (SSSR count). The number of carbonyl (C=O) groups is 2. The minimum absolute atomic E-state index is 0.0292. The van der Waals surface area contributed by atoms with Gasteiger partial charge in [-0.3, -0.25) is 9.59 Å². The molecule has 0 aliphatic carbocycles. The van der Waals surface area contributed by atoms with Crippen LogP contribution in [0.1, 0.15) is 24.0 Å². The number of hydrogen-bond acceptors (Lipinski definition) is 4. The first kappa shape index (κ1) is 23.1. The van der Waals surface area contributed by atoms with Crippen LogP contribution in [0, 0.1) is 0 Å². The number of carbonyl (C=O) groups excluding carboxylic acids is 2. The Morgan fingerprint density at radius 1 is 1.12 bits per heavy atom. The van der Waals surface area contributed by atoms with Crippen LogP contribution in [0.25, 0.3) is 6.08 Å². The Bertz CT molecular complexity index is 950. The molecule has 1 aliphatic heterocycles. The van der Waals surface area contributed by atoms with Gasteiger partial charge in [0, 0.05) is 25.6 Å². The monoisotopic (exact) mass is 434 g/mol. The summed E-state index contributed by atoms with van der Waals surface area (Å²) in [7, 11) is 1.56. The zero-order valence-electron chi connectivity index (χ0n) is 18.5. The van der Waals surface area contributed by atoms with E-state index in [0.717, 1.165) is 37.1 Å². The van der Waals surface area contributed by atoms with Crippen molar-refractivity contribution in [2.24, 2.45) is 0 Å². The fourth-order valence-electron chi connectivity index (χ4n) is 3.66. The molecule has 0 aromatic heterocycles. The molecule has 1 heterocycles. The molecule has 6 heteroatoms. The number of benzene rings is 2. The van der Waals surface area contributed by atoms with Crippen LogP contribution in [0.4, 0.5) is 0 Å². The summed E-state index contributed by atoms with van der Waals surface area (Å²) in [6.07, 6.45) is 7.26. The Hall–Kier alpha value is -3.54. The molecule has 2 aromatic rings. The highest BCUT2D eigenvalue weighted by molar-refractivity contribution is 5.95. The smallest absolute Gasteiger partial charge is 0.245 e. The van der Waals surface area contributed by atoms with Gasteiger partial charge in [-0.15, -0.1) is 0 Å². The predicted octanol–water partition coefficient (Wildman–Crippen LogP) is 3.62. The Morgan fingerprint density at radius 2 is 1.88 bits per heavy atom. The first-order chi connectivity index (χ1) is 15.6. The summed E-state index contributed by atoms with van der Waals surface area (Å²) < 4.78 is 10.9. The highest BCUT2D eigenvalue weighted by atomic mass is 16.5. The van der Waals surface area contributed by atoms with Crippen LogP contribution >= 0.6 is 0 Å². The first-order valence-corrected chi connectivity index (χ1v) is 10.8. The van der Waals surface area contributed by atoms with Gasteiger partial charge in [0.05, 0.1) is 7.11 Å². The molecule has 1 aliphatic rings. The van der Waals surface area contributed by atoms with Gasteiger partial charge in [-0.2, -0.15) is 0 Å². The number of ether oxygens (including phenoxy) is 2. The molecule has 0 radical (unpaired) electrons. The van der Waals surface area contributed by atoms with E-state index in [0.29, 0.717) is 24.5 Å². The van der Waals surface area contributed by atoms with E-state index >= 15 is 0 Å². The average molecular weight is 435 g/mol. The Morgan fingerprint density at radius 3 is 2.56 bits per heavy atom. The quantitative estimate of drug-likeness (QED) is 0.458. The van der Waals surface area contributed by atoms with Crippen molar-refractivity contribution >= 4 is 17.9 Å². The van der Waals surface area contributed by atoms with Crippen molar-refractivity contribution in [3.63, 3.8) is 0 Å². The largest absolute Gasteiger partial charge is 0.493 e. The van der Waals surface area contributed by atoms with E-state index in [-0.39, 0.29) is 11.8 Å². The van der Waals surface area contributed by atoms with Crippen LogP contribution in [0.5, 0.6) is 11.5 Å². The van der Waals surface area contributed by atoms with Crippen molar-refractivity contribution in [1.82, 2.24) is 10.2 Å². The van der Waals surface area contributed by atoms with Gasteiger partial charge in [0.15, 0.2) is 11.5 Å². The predicted molar refractivity (Wildman–Crippen MR) is 126 cm³/mol. The van der Waals surface area contributed by atoms with E-state index in [2.05, 4.69) is 11.9 Å². The van der Waals surface area contributed by atoms with Crippen LogP contribution in [-0.4, -0.2) is 49.6 Å². The van der Waals surface area contributed by atoms with Gasteiger partial charge in [-0.1, -0.05) is 49.1 Å². The SMILES string of the molecule is C=CCOc1ccc(C=CC(=O)NC(Cc2ccccc2)C(=O)N2CCCC2)cc1OC. The molecule has 1 saturated heterocycles. The van der Waals surface area contributed by atoms with Crippen molar-refractivity contribution in [2.75, 3.05) is 26.8 Å². The van der Waals surface area contributed by atoms with Crippen molar-refractivity contribution in [3.8, 4) is 11.5 Å². The van der Waals surface area contributed by atoms with Gasteiger partial charge in [0.1, 0.15) is 12.6 Å². The molecule has 1 unspecified atom stereocenters. The van der Waals surface area contributed by atoms with Crippen LogP contribution in [0.2, 0.25) is 0 Å². The summed E-state index contributed by atoms with van der Waals surface area (Å²) in [6.45, 7) is 5.51. The lowest BCUT2D eigenvalue weighted by Gasteiger charge is -2.23. The topological polar surface area (TPSA) is 67.9 Å². The normalized spacial score (nSPS) is 14.2. The third-order valence-corrected chi connectivity index (χ3v) is 5.29. The second-order valence-corrected chi connectivity index (χ2v) is 7.63. The highest BCUT2D eigenvalue weighted by Gasteiger charge is 2.27. The van der Waals surface area contributed by atoms with Gasteiger partial charge in [-0.05, 0) is 42.2 Å². The molecule has 1 fully saturated rings. The third kappa shape index (κ3) is 6.48. The summed E-state index contributed by atoms with van der Waals surface area (Å²) in [4.78, 5) is 27.5. The molecule has 1 N–H and O–H groups in total. The number of nitrogens with zero attached hydrogens (tertiary/aromatic N) is 1. The number of rotatable bonds is 10. The lowest BCUT2D eigenvalue weighted by molar-refractivity contribution is -0.134. The second kappa shape index (κ2) is 11.7. The fourth-order valence-corrected chi connectivity index (χ4v) is 3.66. The molecule has 0 saturated carbocycles. The highest BCUT2D eigenvalue weighted by Crippen LogP contribution is 2.28. The number of methoxy groups -OCH3 is 1. The Kier molecular flexibility index (Phi) is 8.49. The molecule has 6 nitrogen and oxygen atoms in total. The van der Waals surface area contributed by atoms with Crippen molar-refractivity contribution < 1.29 is 19.1 Å². The molecule has 0 spiro atoms. The fraction of sp³-hybridized carbons (Fsp3) is 0.308. The van der Waals surface area contributed by atoms with Crippen LogP contribution in [0.3, 0.4) is 0 Å². The Labute approximate surface area is 189 Å². The number of amides is 2. The minimum Gasteiger partial charge on any atom is -0.493 e.